The third-order valence-corrected chi connectivity index (χ3v) is 1.70. The zero-order valence-electron chi connectivity index (χ0n) is 5.57. The van der Waals surface area contributed by atoms with Gasteiger partial charge in [0.15, 0.2) is 0 Å². The van der Waals surface area contributed by atoms with Crippen LogP contribution < -0.4 is 5.32 Å². The highest BCUT2D eigenvalue weighted by molar-refractivity contribution is 6.35. The second-order valence-electron chi connectivity index (χ2n) is 1.97. The van der Waals surface area contributed by atoms with Crippen LogP contribution in [0.2, 0.25) is 10.0 Å². The lowest BCUT2D eigenvalue weighted by molar-refractivity contribution is 1.45. The quantitative estimate of drug-likeness (QED) is 0.581. The molecule has 0 aliphatic heterocycles. The Morgan fingerprint density at radius 1 is 1.09 bits per heavy atom. The molecule has 0 fully saturated rings. The van der Waals surface area contributed by atoms with Crippen molar-refractivity contribution < 1.29 is 0 Å². The number of nitrogens with one attached hydrogen (secondary N) is 1. The molecule has 0 bridgehead atoms. The van der Waals surface area contributed by atoms with Crippen LogP contribution in [0.4, 0.5) is 5.69 Å². The van der Waals surface area contributed by atoms with Gasteiger partial charge in [-0.25, -0.2) is 0 Å². The maximum absolute atomic E-state index is 5.72. The largest absolute Gasteiger partial charge is 0.372 e. The highest BCUT2D eigenvalue weighted by atomic mass is 35.5. The Balaban J connectivity index is 2.89. The van der Waals surface area contributed by atoms with Crippen molar-refractivity contribution in [2.24, 2.45) is 0 Å². The highest BCUT2D eigenvalue weighted by Gasteiger charge is 1.95. The Labute approximate surface area is 80.3 Å². The molecule has 0 unspecified atom stereocenters. The van der Waals surface area contributed by atoms with Gasteiger partial charge in [0.2, 0.25) is 0 Å². The number of benzene rings is 1. The Bertz CT molecular complexity index is 229. The van der Waals surface area contributed by atoms with Crippen molar-refractivity contribution in [1.82, 2.24) is 0 Å². The molecule has 0 saturated carbocycles. The summed E-state index contributed by atoms with van der Waals surface area (Å²) >= 11 is 16.9. The predicted octanol–water partition coefficient (Wildman–Crippen LogP) is 3.60. The third kappa shape index (κ3) is 2.78. The number of anilines is 1. The molecular formula is C7H6Cl3N. The van der Waals surface area contributed by atoms with E-state index in [2.05, 4.69) is 5.32 Å². The van der Waals surface area contributed by atoms with Crippen LogP contribution in [-0.2, 0) is 0 Å². The van der Waals surface area contributed by atoms with Crippen LogP contribution in [-0.4, -0.2) is 6.00 Å². The zero-order chi connectivity index (χ0) is 8.27. The molecule has 0 heterocycles. The van der Waals surface area contributed by atoms with E-state index in [1.807, 2.05) is 0 Å². The van der Waals surface area contributed by atoms with Crippen molar-refractivity contribution in [3.8, 4) is 0 Å². The molecule has 0 aliphatic carbocycles. The molecule has 0 amide bonds. The van der Waals surface area contributed by atoms with E-state index >= 15 is 0 Å². The first-order chi connectivity index (χ1) is 5.22. The van der Waals surface area contributed by atoms with Crippen LogP contribution >= 0.6 is 34.8 Å². The van der Waals surface area contributed by atoms with Crippen molar-refractivity contribution in [2.45, 2.75) is 0 Å². The van der Waals surface area contributed by atoms with Gasteiger partial charge in [-0.05, 0) is 18.2 Å². The summed E-state index contributed by atoms with van der Waals surface area (Å²) in [7, 11) is 0. The minimum Gasteiger partial charge on any atom is -0.372 e. The van der Waals surface area contributed by atoms with Crippen molar-refractivity contribution in [3.05, 3.63) is 28.2 Å². The number of alkyl halides is 1. The number of hydrogen-bond donors (Lipinski definition) is 1. The lowest BCUT2D eigenvalue weighted by atomic mass is 10.3. The lowest BCUT2D eigenvalue weighted by Gasteiger charge is -2.02. The normalized spacial score (nSPS) is 9.73. The molecule has 11 heavy (non-hydrogen) atoms. The second-order valence-corrected chi connectivity index (χ2v) is 3.11. The summed E-state index contributed by atoms with van der Waals surface area (Å²) in [6.45, 7) is 0. The Hall–Kier alpha value is -0.110. The molecular weight excluding hydrogens is 204 g/mol. The van der Waals surface area contributed by atoms with Gasteiger partial charge in [0.1, 0.15) is 0 Å². The van der Waals surface area contributed by atoms with Crippen molar-refractivity contribution in [2.75, 3.05) is 11.3 Å². The average molecular weight is 210 g/mol. The molecule has 0 spiro atoms. The first-order valence-corrected chi connectivity index (χ1v) is 4.27. The molecule has 0 aliphatic rings. The number of halogens is 3. The third-order valence-electron chi connectivity index (χ3n) is 1.13. The van der Waals surface area contributed by atoms with Gasteiger partial charge in [0.05, 0.1) is 6.00 Å². The minimum absolute atomic E-state index is 0.344. The SMILES string of the molecule is ClCNc1cc(Cl)cc(Cl)c1. The summed E-state index contributed by atoms with van der Waals surface area (Å²) in [6.07, 6.45) is 0. The van der Waals surface area contributed by atoms with E-state index in [-0.39, 0.29) is 0 Å². The van der Waals surface area contributed by atoms with E-state index in [1.54, 1.807) is 18.2 Å². The summed E-state index contributed by atoms with van der Waals surface area (Å²) in [5.41, 5.74) is 0.831. The molecule has 1 N–H and O–H groups in total. The van der Waals surface area contributed by atoms with E-state index in [9.17, 15) is 0 Å². The fourth-order valence-corrected chi connectivity index (χ4v) is 1.41. The Morgan fingerprint density at radius 2 is 1.64 bits per heavy atom. The Kier molecular flexibility index (Phi) is 3.31. The monoisotopic (exact) mass is 209 g/mol. The smallest absolute Gasteiger partial charge is 0.0901 e. The van der Waals surface area contributed by atoms with Crippen molar-refractivity contribution in [3.63, 3.8) is 0 Å². The predicted molar refractivity (Wildman–Crippen MR) is 50.8 cm³/mol. The molecule has 1 aromatic rings. The first-order valence-electron chi connectivity index (χ1n) is 2.98. The van der Waals surface area contributed by atoms with Crippen LogP contribution in [0.1, 0.15) is 0 Å². The summed E-state index contributed by atoms with van der Waals surface area (Å²) < 4.78 is 0. The molecule has 4 heteroatoms. The van der Waals surface area contributed by atoms with Gasteiger partial charge in [-0.1, -0.05) is 23.2 Å². The summed E-state index contributed by atoms with van der Waals surface area (Å²) in [5, 5.41) is 4.09. The summed E-state index contributed by atoms with van der Waals surface area (Å²) in [5.74, 6) is 0. The minimum atomic E-state index is 0.344. The molecule has 60 valence electrons. The van der Waals surface area contributed by atoms with E-state index in [0.29, 0.717) is 16.0 Å². The maximum atomic E-state index is 5.72. The standard InChI is InChI=1S/C7H6Cl3N/c8-4-11-7-2-5(9)1-6(10)3-7/h1-3,11H,4H2. The van der Waals surface area contributed by atoms with Crippen LogP contribution in [0.3, 0.4) is 0 Å². The van der Waals surface area contributed by atoms with Gasteiger partial charge in [-0.15, -0.1) is 11.6 Å². The molecule has 0 aromatic heterocycles. The summed E-state index contributed by atoms with van der Waals surface area (Å²) in [4.78, 5) is 0. The molecule has 0 atom stereocenters. The molecule has 0 radical (unpaired) electrons. The summed E-state index contributed by atoms with van der Waals surface area (Å²) in [6, 6.07) is 5.53. The molecule has 1 nitrogen and oxygen atoms in total. The van der Waals surface area contributed by atoms with Crippen LogP contribution in [0.25, 0.3) is 0 Å². The first kappa shape index (κ1) is 8.98. The van der Waals surface area contributed by atoms with Gasteiger partial charge in [0, 0.05) is 15.7 Å². The van der Waals surface area contributed by atoms with Crippen LogP contribution in [0.15, 0.2) is 18.2 Å². The molecule has 1 rings (SSSR count). The number of rotatable bonds is 2. The second kappa shape index (κ2) is 4.05. The van der Waals surface area contributed by atoms with Crippen molar-refractivity contribution >= 4 is 40.5 Å². The fraction of sp³-hybridized carbons (Fsp3) is 0.143. The fourth-order valence-electron chi connectivity index (χ4n) is 0.733. The van der Waals surface area contributed by atoms with E-state index in [1.165, 1.54) is 0 Å². The van der Waals surface area contributed by atoms with Crippen LogP contribution in [0, 0.1) is 0 Å². The number of hydrogen-bond acceptors (Lipinski definition) is 1. The lowest BCUT2D eigenvalue weighted by Crippen LogP contribution is -1.93. The maximum Gasteiger partial charge on any atom is 0.0901 e. The van der Waals surface area contributed by atoms with Gasteiger partial charge < -0.3 is 5.32 Å². The van der Waals surface area contributed by atoms with Crippen molar-refractivity contribution in [1.29, 1.82) is 0 Å². The van der Waals surface area contributed by atoms with Gasteiger partial charge in [-0.3, -0.25) is 0 Å². The van der Waals surface area contributed by atoms with Crippen LogP contribution in [0.5, 0.6) is 0 Å². The van der Waals surface area contributed by atoms with Gasteiger partial charge >= 0.3 is 0 Å². The van der Waals surface area contributed by atoms with E-state index in [4.69, 9.17) is 34.8 Å². The van der Waals surface area contributed by atoms with E-state index in [0.717, 1.165) is 5.69 Å². The Morgan fingerprint density at radius 3 is 2.09 bits per heavy atom. The zero-order valence-corrected chi connectivity index (χ0v) is 7.84. The molecule has 0 saturated heterocycles. The molecule has 1 aromatic carbocycles. The van der Waals surface area contributed by atoms with Gasteiger partial charge in [0.25, 0.3) is 0 Å². The van der Waals surface area contributed by atoms with E-state index < -0.39 is 0 Å². The highest BCUT2D eigenvalue weighted by Crippen LogP contribution is 2.22. The average Bonchev–Trinajstić information content (AvgIpc) is 1.85. The van der Waals surface area contributed by atoms with Gasteiger partial charge in [-0.2, -0.15) is 0 Å². The topological polar surface area (TPSA) is 12.0 Å².